The van der Waals surface area contributed by atoms with Gasteiger partial charge in [-0.3, -0.25) is 4.90 Å². The van der Waals surface area contributed by atoms with E-state index in [2.05, 4.69) is 64.8 Å². The SMILES string of the molecule is CN(CCN1CCCC1)C1CN(c2ccc(C(C)(C)C)nn2)C1. The molecule has 5 nitrogen and oxygen atoms in total. The second-order valence-corrected chi connectivity index (χ2v) is 8.11. The van der Waals surface area contributed by atoms with E-state index in [-0.39, 0.29) is 5.41 Å². The number of nitrogens with zero attached hydrogens (tertiary/aromatic N) is 5. The maximum absolute atomic E-state index is 4.42. The van der Waals surface area contributed by atoms with Gasteiger partial charge in [0.25, 0.3) is 0 Å². The van der Waals surface area contributed by atoms with Gasteiger partial charge in [0.2, 0.25) is 0 Å². The smallest absolute Gasteiger partial charge is 0.151 e. The van der Waals surface area contributed by atoms with Gasteiger partial charge in [0.15, 0.2) is 5.82 Å². The highest BCUT2D eigenvalue weighted by atomic mass is 15.4. The summed E-state index contributed by atoms with van der Waals surface area (Å²) >= 11 is 0. The van der Waals surface area contributed by atoms with Crippen LogP contribution in [0, 0.1) is 0 Å². The van der Waals surface area contributed by atoms with Crippen molar-refractivity contribution in [3.05, 3.63) is 17.8 Å². The summed E-state index contributed by atoms with van der Waals surface area (Å²) in [5, 5.41) is 8.82. The molecule has 0 aromatic carbocycles. The average molecular weight is 317 g/mol. The summed E-state index contributed by atoms with van der Waals surface area (Å²) in [5.41, 5.74) is 1.12. The quantitative estimate of drug-likeness (QED) is 0.830. The van der Waals surface area contributed by atoms with Crippen LogP contribution in [0.2, 0.25) is 0 Å². The van der Waals surface area contributed by atoms with E-state index < -0.39 is 0 Å². The predicted molar refractivity (Wildman–Crippen MR) is 95.0 cm³/mol. The second-order valence-electron chi connectivity index (χ2n) is 8.11. The van der Waals surface area contributed by atoms with E-state index in [1.807, 2.05) is 0 Å². The molecule has 2 saturated heterocycles. The van der Waals surface area contributed by atoms with E-state index in [9.17, 15) is 0 Å². The van der Waals surface area contributed by atoms with E-state index in [1.54, 1.807) is 0 Å². The van der Waals surface area contributed by atoms with Gasteiger partial charge >= 0.3 is 0 Å². The van der Waals surface area contributed by atoms with Crippen molar-refractivity contribution in [2.75, 3.05) is 51.2 Å². The van der Waals surface area contributed by atoms with Crippen molar-refractivity contribution >= 4 is 5.82 Å². The number of likely N-dealkylation sites (tertiary alicyclic amines) is 1. The molecule has 0 amide bonds. The fourth-order valence-corrected chi connectivity index (χ4v) is 3.30. The van der Waals surface area contributed by atoms with Gasteiger partial charge in [0.05, 0.1) is 5.69 Å². The zero-order valence-electron chi connectivity index (χ0n) is 15.1. The van der Waals surface area contributed by atoms with Crippen molar-refractivity contribution in [2.24, 2.45) is 0 Å². The molecule has 1 aromatic heterocycles. The number of rotatable bonds is 5. The minimum absolute atomic E-state index is 0.0683. The Morgan fingerprint density at radius 1 is 1.13 bits per heavy atom. The van der Waals surface area contributed by atoms with Gasteiger partial charge in [-0.2, -0.15) is 5.10 Å². The first-order chi connectivity index (χ1) is 10.9. The Morgan fingerprint density at radius 2 is 1.83 bits per heavy atom. The van der Waals surface area contributed by atoms with Crippen LogP contribution in [0.25, 0.3) is 0 Å². The van der Waals surface area contributed by atoms with Crippen LogP contribution in [-0.4, -0.2) is 72.4 Å². The van der Waals surface area contributed by atoms with Crippen LogP contribution in [0.1, 0.15) is 39.3 Å². The van der Waals surface area contributed by atoms with Crippen molar-refractivity contribution < 1.29 is 0 Å². The van der Waals surface area contributed by atoms with E-state index in [4.69, 9.17) is 0 Å². The van der Waals surface area contributed by atoms with Crippen LogP contribution in [0.5, 0.6) is 0 Å². The molecule has 2 fully saturated rings. The lowest BCUT2D eigenvalue weighted by Crippen LogP contribution is -2.59. The minimum Gasteiger partial charge on any atom is -0.352 e. The van der Waals surface area contributed by atoms with Crippen molar-refractivity contribution in [2.45, 2.75) is 45.1 Å². The number of hydrogen-bond donors (Lipinski definition) is 0. The fraction of sp³-hybridized carbons (Fsp3) is 0.778. The molecule has 0 aliphatic carbocycles. The van der Waals surface area contributed by atoms with Crippen molar-refractivity contribution in [3.8, 4) is 0 Å². The van der Waals surface area contributed by atoms with Crippen molar-refractivity contribution in [1.82, 2.24) is 20.0 Å². The molecule has 0 unspecified atom stereocenters. The van der Waals surface area contributed by atoms with Crippen molar-refractivity contribution in [3.63, 3.8) is 0 Å². The molecule has 0 saturated carbocycles. The van der Waals surface area contributed by atoms with E-state index in [0.717, 1.165) is 24.6 Å². The van der Waals surface area contributed by atoms with Gasteiger partial charge in [-0.1, -0.05) is 20.8 Å². The molecule has 3 rings (SSSR count). The Labute approximate surface area is 140 Å². The lowest BCUT2D eigenvalue weighted by Gasteiger charge is -2.44. The topological polar surface area (TPSA) is 35.5 Å². The van der Waals surface area contributed by atoms with E-state index >= 15 is 0 Å². The Balaban J connectivity index is 1.44. The average Bonchev–Trinajstić information content (AvgIpc) is 2.96. The van der Waals surface area contributed by atoms with Gasteiger partial charge in [-0.25, -0.2) is 0 Å². The molecule has 3 heterocycles. The third-order valence-corrected chi connectivity index (χ3v) is 5.20. The maximum atomic E-state index is 4.42. The molecule has 0 radical (unpaired) electrons. The first-order valence-corrected chi connectivity index (χ1v) is 8.95. The molecule has 2 aliphatic rings. The third kappa shape index (κ3) is 4.01. The first-order valence-electron chi connectivity index (χ1n) is 8.95. The minimum atomic E-state index is 0.0683. The van der Waals surface area contributed by atoms with Gasteiger partial charge in [0.1, 0.15) is 0 Å². The van der Waals surface area contributed by atoms with Crippen LogP contribution in [0.4, 0.5) is 5.82 Å². The summed E-state index contributed by atoms with van der Waals surface area (Å²) in [5.74, 6) is 1.02. The number of aromatic nitrogens is 2. The lowest BCUT2D eigenvalue weighted by atomic mass is 9.92. The molecule has 1 aromatic rings. The number of hydrogen-bond acceptors (Lipinski definition) is 5. The van der Waals surface area contributed by atoms with Crippen molar-refractivity contribution in [1.29, 1.82) is 0 Å². The summed E-state index contributed by atoms with van der Waals surface area (Å²) in [7, 11) is 2.26. The summed E-state index contributed by atoms with van der Waals surface area (Å²) in [6.07, 6.45) is 2.76. The van der Waals surface area contributed by atoms with Gasteiger partial charge in [-0.05, 0) is 45.1 Å². The number of anilines is 1. The summed E-state index contributed by atoms with van der Waals surface area (Å²) in [6, 6.07) is 4.89. The Bertz CT molecular complexity index is 495. The monoisotopic (exact) mass is 317 g/mol. The fourth-order valence-electron chi connectivity index (χ4n) is 3.30. The lowest BCUT2D eigenvalue weighted by molar-refractivity contribution is 0.179. The van der Waals surface area contributed by atoms with E-state index in [1.165, 1.54) is 39.0 Å². The van der Waals surface area contributed by atoms with Gasteiger partial charge in [-0.15, -0.1) is 5.10 Å². The molecule has 2 aliphatic heterocycles. The molecular formula is C18H31N5. The number of likely N-dealkylation sites (N-methyl/N-ethyl adjacent to an activating group) is 1. The maximum Gasteiger partial charge on any atom is 0.151 e. The molecule has 0 bridgehead atoms. The van der Waals surface area contributed by atoms with Crippen LogP contribution in [0.15, 0.2) is 12.1 Å². The highest BCUT2D eigenvalue weighted by Crippen LogP contribution is 2.24. The molecular weight excluding hydrogens is 286 g/mol. The molecule has 0 N–H and O–H groups in total. The van der Waals surface area contributed by atoms with Crippen LogP contribution in [-0.2, 0) is 5.41 Å². The molecule has 0 spiro atoms. The second kappa shape index (κ2) is 6.73. The molecule has 5 heteroatoms. The standard InChI is InChI=1S/C18H31N5/c1-18(2,3)16-7-8-17(20-19-16)23-13-15(14-23)21(4)11-12-22-9-5-6-10-22/h7-8,15H,5-6,9-14H2,1-4H3. The van der Waals surface area contributed by atoms with Crippen LogP contribution in [0.3, 0.4) is 0 Å². The van der Waals surface area contributed by atoms with Crippen LogP contribution >= 0.6 is 0 Å². The highest BCUT2D eigenvalue weighted by Gasteiger charge is 2.31. The van der Waals surface area contributed by atoms with Gasteiger partial charge < -0.3 is 9.80 Å². The Kier molecular flexibility index (Phi) is 4.87. The Hall–Kier alpha value is -1.20. The molecule has 23 heavy (non-hydrogen) atoms. The van der Waals surface area contributed by atoms with E-state index in [0.29, 0.717) is 6.04 Å². The zero-order chi connectivity index (χ0) is 16.4. The van der Waals surface area contributed by atoms with Crippen LogP contribution < -0.4 is 4.90 Å². The molecule has 0 atom stereocenters. The summed E-state index contributed by atoms with van der Waals surface area (Å²) in [6.45, 7) is 13.6. The first kappa shape index (κ1) is 16.7. The highest BCUT2D eigenvalue weighted by molar-refractivity contribution is 5.42. The third-order valence-electron chi connectivity index (χ3n) is 5.20. The van der Waals surface area contributed by atoms with Gasteiger partial charge in [0, 0.05) is 37.6 Å². The summed E-state index contributed by atoms with van der Waals surface area (Å²) in [4.78, 5) is 7.42. The predicted octanol–water partition coefficient (Wildman–Crippen LogP) is 1.99. The Morgan fingerprint density at radius 3 is 2.39 bits per heavy atom. The zero-order valence-corrected chi connectivity index (χ0v) is 15.1. The normalized spacial score (nSPS) is 20.3. The largest absolute Gasteiger partial charge is 0.352 e. The summed E-state index contributed by atoms with van der Waals surface area (Å²) < 4.78 is 0. The molecule has 128 valence electrons.